The zero-order chi connectivity index (χ0) is 14.2. The van der Waals surface area contributed by atoms with E-state index in [0.717, 1.165) is 27.5 Å². The van der Waals surface area contributed by atoms with Crippen LogP contribution in [0, 0.1) is 0 Å². The third-order valence-electron chi connectivity index (χ3n) is 3.30. The number of benzene rings is 1. The number of thiophene rings is 1. The van der Waals surface area contributed by atoms with E-state index in [4.69, 9.17) is 19.7 Å². The minimum absolute atomic E-state index is 0.322. The number of anilines is 1. The number of hydrogen-bond donors (Lipinski definition) is 1. The monoisotopic (exact) mass is 300 g/mol. The lowest BCUT2D eigenvalue weighted by molar-refractivity contribution is 0.171. The molecule has 2 N–H and O–H groups in total. The Labute approximate surface area is 124 Å². The summed E-state index contributed by atoms with van der Waals surface area (Å²) in [5.74, 6) is 1.79. The average Bonchev–Trinajstić information content (AvgIpc) is 3.15. The molecule has 0 radical (unpaired) electrons. The predicted molar refractivity (Wildman–Crippen MR) is 80.7 cm³/mol. The third-order valence-corrected chi connectivity index (χ3v) is 4.19. The van der Waals surface area contributed by atoms with E-state index >= 15 is 0 Å². The summed E-state index contributed by atoms with van der Waals surface area (Å²) < 4.78 is 16.3. The molecule has 106 valence electrons. The number of nitrogen functional groups attached to an aromatic ring is 1. The molecule has 3 heterocycles. The number of nitrogens with zero attached hydrogens (tertiary/aromatic N) is 1. The molecule has 1 aliphatic heterocycles. The van der Waals surface area contributed by atoms with E-state index in [-0.39, 0.29) is 0 Å². The van der Waals surface area contributed by atoms with Crippen LogP contribution in [0.15, 0.2) is 40.2 Å². The molecule has 0 unspecified atom stereocenters. The summed E-state index contributed by atoms with van der Waals surface area (Å²) in [7, 11) is 0. The Balaban J connectivity index is 1.84. The van der Waals surface area contributed by atoms with Crippen molar-refractivity contribution in [2.24, 2.45) is 0 Å². The van der Waals surface area contributed by atoms with Crippen molar-refractivity contribution in [1.29, 1.82) is 0 Å². The van der Waals surface area contributed by atoms with E-state index in [1.54, 1.807) is 11.3 Å². The molecular weight excluding hydrogens is 288 g/mol. The molecule has 21 heavy (non-hydrogen) atoms. The fourth-order valence-corrected chi connectivity index (χ4v) is 3.13. The highest BCUT2D eigenvalue weighted by atomic mass is 32.1. The highest BCUT2D eigenvalue weighted by Gasteiger charge is 2.20. The molecule has 0 bridgehead atoms. The van der Waals surface area contributed by atoms with Gasteiger partial charge in [-0.05, 0) is 29.6 Å². The summed E-state index contributed by atoms with van der Waals surface area (Å²) in [5.41, 5.74) is 8.36. The number of rotatable bonds is 2. The summed E-state index contributed by atoms with van der Waals surface area (Å²) in [6, 6.07) is 9.69. The van der Waals surface area contributed by atoms with Crippen molar-refractivity contribution in [3.05, 3.63) is 35.7 Å². The summed E-state index contributed by atoms with van der Waals surface area (Å²) in [6.07, 6.45) is 0. The van der Waals surface area contributed by atoms with Gasteiger partial charge < -0.3 is 19.7 Å². The molecule has 0 saturated heterocycles. The number of fused-ring (bicyclic) bond motifs is 1. The first-order valence-electron chi connectivity index (χ1n) is 6.52. The molecule has 0 amide bonds. The van der Waals surface area contributed by atoms with Crippen LogP contribution in [0.3, 0.4) is 0 Å². The maximum absolute atomic E-state index is 5.93. The number of hydrogen-bond acceptors (Lipinski definition) is 6. The van der Waals surface area contributed by atoms with E-state index in [0.29, 0.717) is 24.8 Å². The standard InChI is InChI=1S/C15H12N2O3S/c16-15-13(12-2-1-7-21-12)14(17-20-15)9-3-4-10-11(8-9)19-6-5-18-10/h1-4,7-8H,5-6,16H2. The molecule has 0 atom stereocenters. The van der Waals surface area contributed by atoms with Gasteiger partial charge in [-0.1, -0.05) is 11.2 Å². The highest BCUT2D eigenvalue weighted by molar-refractivity contribution is 7.13. The lowest BCUT2D eigenvalue weighted by atomic mass is 10.1. The van der Waals surface area contributed by atoms with Crippen molar-refractivity contribution >= 4 is 17.2 Å². The van der Waals surface area contributed by atoms with Crippen LogP contribution in [-0.2, 0) is 0 Å². The maximum Gasteiger partial charge on any atom is 0.231 e. The van der Waals surface area contributed by atoms with Crippen molar-refractivity contribution in [3.8, 4) is 33.2 Å². The van der Waals surface area contributed by atoms with Gasteiger partial charge in [-0.15, -0.1) is 11.3 Å². The summed E-state index contributed by atoms with van der Waals surface area (Å²) in [5, 5.41) is 6.10. The highest BCUT2D eigenvalue weighted by Crippen LogP contribution is 2.41. The Bertz CT molecular complexity index is 780. The topological polar surface area (TPSA) is 70.5 Å². The molecule has 0 fully saturated rings. The Kier molecular flexibility index (Phi) is 2.82. The molecule has 1 aromatic carbocycles. The van der Waals surface area contributed by atoms with Crippen LogP contribution in [0.4, 0.5) is 5.88 Å². The molecule has 0 saturated carbocycles. The largest absolute Gasteiger partial charge is 0.486 e. The molecule has 0 aliphatic carbocycles. The van der Waals surface area contributed by atoms with Crippen LogP contribution in [0.1, 0.15) is 0 Å². The quantitative estimate of drug-likeness (QED) is 0.785. The molecule has 5 nitrogen and oxygen atoms in total. The first kappa shape index (κ1) is 12.3. The molecule has 3 aromatic rings. The van der Waals surface area contributed by atoms with Crippen LogP contribution in [-0.4, -0.2) is 18.4 Å². The van der Waals surface area contributed by atoms with Crippen molar-refractivity contribution in [3.63, 3.8) is 0 Å². The van der Waals surface area contributed by atoms with Crippen LogP contribution < -0.4 is 15.2 Å². The first-order chi connectivity index (χ1) is 10.3. The van der Waals surface area contributed by atoms with Gasteiger partial charge in [0.2, 0.25) is 5.88 Å². The lowest BCUT2D eigenvalue weighted by Gasteiger charge is -2.18. The number of ether oxygens (including phenoxy) is 2. The van der Waals surface area contributed by atoms with E-state index in [1.165, 1.54) is 0 Å². The van der Waals surface area contributed by atoms with Gasteiger partial charge in [-0.3, -0.25) is 0 Å². The van der Waals surface area contributed by atoms with Crippen molar-refractivity contribution in [2.75, 3.05) is 18.9 Å². The third kappa shape index (κ3) is 2.04. The first-order valence-corrected chi connectivity index (χ1v) is 7.40. The molecule has 6 heteroatoms. The summed E-state index contributed by atoms with van der Waals surface area (Å²) in [4.78, 5) is 1.03. The van der Waals surface area contributed by atoms with Gasteiger partial charge in [0, 0.05) is 10.4 Å². The zero-order valence-electron chi connectivity index (χ0n) is 11.0. The predicted octanol–water partition coefficient (Wildman–Crippen LogP) is 3.42. The van der Waals surface area contributed by atoms with Gasteiger partial charge in [-0.2, -0.15) is 0 Å². The smallest absolute Gasteiger partial charge is 0.231 e. The fraction of sp³-hybridized carbons (Fsp3) is 0.133. The summed E-state index contributed by atoms with van der Waals surface area (Å²) in [6.45, 7) is 1.12. The average molecular weight is 300 g/mol. The van der Waals surface area contributed by atoms with Gasteiger partial charge in [0.15, 0.2) is 11.5 Å². The van der Waals surface area contributed by atoms with E-state index < -0.39 is 0 Å². The van der Waals surface area contributed by atoms with Gasteiger partial charge in [0.1, 0.15) is 18.9 Å². The molecule has 2 aromatic heterocycles. The van der Waals surface area contributed by atoms with Crippen LogP contribution in [0.2, 0.25) is 0 Å². The zero-order valence-corrected chi connectivity index (χ0v) is 11.9. The van der Waals surface area contributed by atoms with Crippen LogP contribution >= 0.6 is 11.3 Å². The minimum Gasteiger partial charge on any atom is -0.486 e. The number of nitrogens with two attached hydrogens (primary N) is 1. The fourth-order valence-electron chi connectivity index (χ4n) is 2.35. The maximum atomic E-state index is 5.93. The van der Waals surface area contributed by atoms with Crippen molar-refractivity contribution in [2.45, 2.75) is 0 Å². The number of aromatic nitrogens is 1. The molecule has 0 spiro atoms. The second-order valence-electron chi connectivity index (χ2n) is 4.61. The Hall–Kier alpha value is -2.47. The van der Waals surface area contributed by atoms with Gasteiger partial charge in [0.05, 0.1) is 5.56 Å². The summed E-state index contributed by atoms with van der Waals surface area (Å²) >= 11 is 1.60. The Morgan fingerprint density at radius 2 is 1.95 bits per heavy atom. The SMILES string of the molecule is Nc1onc(-c2ccc3c(c2)OCCO3)c1-c1cccs1. The lowest BCUT2D eigenvalue weighted by Crippen LogP contribution is -2.15. The van der Waals surface area contributed by atoms with Gasteiger partial charge in [0.25, 0.3) is 0 Å². The Morgan fingerprint density at radius 1 is 1.10 bits per heavy atom. The Morgan fingerprint density at radius 3 is 2.76 bits per heavy atom. The second-order valence-corrected chi connectivity index (χ2v) is 5.55. The van der Waals surface area contributed by atoms with E-state index in [2.05, 4.69) is 5.16 Å². The normalized spacial score (nSPS) is 13.3. The second kappa shape index (κ2) is 4.82. The van der Waals surface area contributed by atoms with E-state index in [9.17, 15) is 0 Å². The van der Waals surface area contributed by atoms with Crippen LogP contribution in [0.25, 0.3) is 21.7 Å². The van der Waals surface area contributed by atoms with Crippen molar-refractivity contribution in [1.82, 2.24) is 5.16 Å². The molecular formula is C15H12N2O3S. The van der Waals surface area contributed by atoms with Crippen molar-refractivity contribution < 1.29 is 14.0 Å². The van der Waals surface area contributed by atoms with Gasteiger partial charge in [-0.25, -0.2) is 0 Å². The minimum atomic E-state index is 0.322. The van der Waals surface area contributed by atoms with Crippen LogP contribution in [0.5, 0.6) is 11.5 Å². The molecule has 1 aliphatic rings. The van der Waals surface area contributed by atoms with Gasteiger partial charge >= 0.3 is 0 Å². The molecule has 4 rings (SSSR count). The van der Waals surface area contributed by atoms with E-state index in [1.807, 2.05) is 35.7 Å².